The second-order valence-corrected chi connectivity index (χ2v) is 7.24. The lowest BCUT2D eigenvalue weighted by atomic mass is 9.94. The molecule has 1 saturated heterocycles. The van der Waals surface area contributed by atoms with Crippen LogP contribution in [0.25, 0.3) is 0 Å². The Labute approximate surface area is 143 Å². The molecule has 4 nitrogen and oxygen atoms in total. The highest BCUT2D eigenvalue weighted by molar-refractivity contribution is 6.30. The molecule has 126 valence electrons. The van der Waals surface area contributed by atoms with E-state index in [2.05, 4.69) is 4.90 Å². The van der Waals surface area contributed by atoms with Gasteiger partial charge in [-0.3, -0.25) is 9.69 Å². The lowest BCUT2D eigenvalue weighted by Crippen LogP contribution is -2.44. The van der Waals surface area contributed by atoms with Crippen LogP contribution in [0.3, 0.4) is 0 Å². The van der Waals surface area contributed by atoms with Crippen LogP contribution in [0.4, 0.5) is 0 Å². The summed E-state index contributed by atoms with van der Waals surface area (Å²) >= 11 is 5.88. The minimum Gasteiger partial charge on any atom is -0.390 e. The maximum atomic E-state index is 12.6. The molecule has 2 atom stereocenters. The summed E-state index contributed by atoms with van der Waals surface area (Å²) in [4.78, 5) is 16.7. The summed E-state index contributed by atoms with van der Waals surface area (Å²) in [6, 6.07) is 7.36. The molecule has 1 N–H and O–H groups in total. The lowest BCUT2D eigenvalue weighted by molar-refractivity contribution is 0.0581. The van der Waals surface area contributed by atoms with Crippen molar-refractivity contribution in [3.05, 3.63) is 34.9 Å². The van der Waals surface area contributed by atoms with E-state index in [9.17, 15) is 9.90 Å². The molecule has 2 aliphatic rings. The summed E-state index contributed by atoms with van der Waals surface area (Å²) in [6.07, 6.45) is 5.84. The second-order valence-electron chi connectivity index (χ2n) is 6.80. The number of nitrogens with zero attached hydrogens (tertiary/aromatic N) is 2. The van der Waals surface area contributed by atoms with Gasteiger partial charge >= 0.3 is 0 Å². The van der Waals surface area contributed by atoms with Crippen molar-refractivity contribution in [2.75, 3.05) is 20.1 Å². The zero-order valence-corrected chi connectivity index (χ0v) is 14.4. The maximum Gasteiger partial charge on any atom is 0.253 e. The van der Waals surface area contributed by atoms with E-state index in [1.165, 1.54) is 32.1 Å². The molecule has 0 aromatic heterocycles. The van der Waals surface area contributed by atoms with Crippen LogP contribution in [0.15, 0.2) is 24.3 Å². The first-order valence-corrected chi connectivity index (χ1v) is 8.89. The van der Waals surface area contributed by atoms with Gasteiger partial charge in [-0.1, -0.05) is 30.9 Å². The zero-order chi connectivity index (χ0) is 16.4. The van der Waals surface area contributed by atoms with E-state index in [-0.39, 0.29) is 11.9 Å². The largest absolute Gasteiger partial charge is 0.390 e. The fourth-order valence-corrected chi connectivity index (χ4v) is 4.00. The Morgan fingerprint density at radius 3 is 2.48 bits per heavy atom. The number of halogens is 1. The Hall–Kier alpha value is -1.10. The highest BCUT2D eigenvalue weighted by atomic mass is 35.5. The molecular weight excluding hydrogens is 312 g/mol. The number of carbonyl (C=O) groups is 1. The van der Waals surface area contributed by atoms with Crippen LogP contribution in [0.1, 0.15) is 42.5 Å². The SMILES string of the molecule is CN(C(=O)c1ccc(Cl)cc1)[C@@H]1CN(C2CCCCC2)C[C@H]1O. The number of carbonyl (C=O) groups excluding carboxylic acids is 1. The molecule has 0 unspecified atom stereocenters. The number of likely N-dealkylation sites (tertiary alicyclic amines) is 1. The predicted octanol–water partition coefficient (Wildman–Crippen LogP) is 2.79. The molecule has 1 aromatic rings. The summed E-state index contributed by atoms with van der Waals surface area (Å²) in [6.45, 7) is 1.44. The number of aliphatic hydroxyl groups excluding tert-OH is 1. The van der Waals surface area contributed by atoms with Gasteiger partial charge in [0.15, 0.2) is 0 Å². The quantitative estimate of drug-likeness (QED) is 0.923. The summed E-state index contributed by atoms with van der Waals surface area (Å²) in [5.74, 6) is -0.0591. The Bertz CT molecular complexity index is 542. The molecule has 1 aliphatic heterocycles. The van der Waals surface area contributed by atoms with Gasteiger partial charge in [0.2, 0.25) is 0 Å². The molecule has 1 heterocycles. The first-order valence-electron chi connectivity index (χ1n) is 8.51. The van der Waals surface area contributed by atoms with Crippen LogP contribution in [-0.2, 0) is 0 Å². The highest BCUT2D eigenvalue weighted by Crippen LogP contribution is 2.27. The monoisotopic (exact) mass is 336 g/mol. The molecule has 5 heteroatoms. The standard InChI is InChI=1S/C18H25ClN2O2/c1-20(18(23)13-7-9-14(19)10-8-13)16-11-21(12-17(16)22)15-5-3-2-4-6-15/h7-10,15-17,22H,2-6,11-12H2,1H3/t16-,17-/m1/s1. The van der Waals surface area contributed by atoms with Crippen molar-refractivity contribution in [1.29, 1.82) is 0 Å². The van der Waals surface area contributed by atoms with Crippen molar-refractivity contribution in [1.82, 2.24) is 9.80 Å². The molecule has 0 spiro atoms. The van der Waals surface area contributed by atoms with Gasteiger partial charge in [-0.2, -0.15) is 0 Å². The average molecular weight is 337 g/mol. The third kappa shape index (κ3) is 3.70. The van der Waals surface area contributed by atoms with E-state index in [0.717, 1.165) is 6.54 Å². The predicted molar refractivity (Wildman–Crippen MR) is 91.8 cm³/mol. The van der Waals surface area contributed by atoms with Crippen LogP contribution in [0, 0.1) is 0 Å². The molecule has 1 amide bonds. The number of hydrogen-bond acceptors (Lipinski definition) is 3. The number of aliphatic hydroxyl groups is 1. The number of β-amino-alcohol motifs (C(OH)–C–C–N with tert-alkyl or cyclic N) is 1. The second kappa shape index (κ2) is 7.20. The average Bonchev–Trinajstić information content (AvgIpc) is 2.97. The molecule has 2 fully saturated rings. The Kier molecular flexibility index (Phi) is 5.24. The molecule has 1 aromatic carbocycles. The Morgan fingerprint density at radius 1 is 1.17 bits per heavy atom. The first kappa shape index (κ1) is 16.7. The normalized spacial score (nSPS) is 26.4. The van der Waals surface area contributed by atoms with Gasteiger partial charge in [0.1, 0.15) is 0 Å². The Morgan fingerprint density at radius 2 is 1.83 bits per heavy atom. The molecule has 1 aliphatic carbocycles. The molecule has 23 heavy (non-hydrogen) atoms. The van der Waals surface area contributed by atoms with Crippen molar-refractivity contribution in [2.24, 2.45) is 0 Å². The Balaban J connectivity index is 1.65. The van der Waals surface area contributed by atoms with Crippen LogP contribution in [0.5, 0.6) is 0 Å². The molecule has 1 saturated carbocycles. The van der Waals surface area contributed by atoms with E-state index in [0.29, 0.717) is 23.2 Å². The van der Waals surface area contributed by atoms with Gasteiger partial charge in [-0.25, -0.2) is 0 Å². The van der Waals surface area contributed by atoms with Crippen molar-refractivity contribution in [3.63, 3.8) is 0 Å². The van der Waals surface area contributed by atoms with Gasteiger partial charge < -0.3 is 10.0 Å². The van der Waals surface area contributed by atoms with Crippen LogP contribution in [-0.4, -0.2) is 59.1 Å². The third-order valence-corrected chi connectivity index (χ3v) is 5.54. The van der Waals surface area contributed by atoms with Crippen molar-refractivity contribution in [2.45, 2.75) is 50.3 Å². The number of benzene rings is 1. The van der Waals surface area contributed by atoms with E-state index < -0.39 is 6.10 Å². The third-order valence-electron chi connectivity index (χ3n) is 5.29. The van der Waals surface area contributed by atoms with E-state index >= 15 is 0 Å². The van der Waals surface area contributed by atoms with Crippen LogP contribution in [0.2, 0.25) is 5.02 Å². The van der Waals surface area contributed by atoms with Crippen molar-refractivity contribution in [3.8, 4) is 0 Å². The summed E-state index contributed by atoms with van der Waals surface area (Å²) in [7, 11) is 1.79. The van der Waals surface area contributed by atoms with Crippen molar-refractivity contribution < 1.29 is 9.90 Å². The van der Waals surface area contributed by atoms with Crippen molar-refractivity contribution >= 4 is 17.5 Å². The van der Waals surface area contributed by atoms with Gasteiger partial charge in [-0.15, -0.1) is 0 Å². The summed E-state index contributed by atoms with van der Waals surface area (Å²) < 4.78 is 0. The maximum absolute atomic E-state index is 12.6. The van der Waals surface area contributed by atoms with Gasteiger partial charge in [-0.05, 0) is 37.1 Å². The van der Waals surface area contributed by atoms with Gasteiger partial charge in [0.25, 0.3) is 5.91 Å². The first-order chi connectivity index (χ1) is 11.1. The molecule has 3 rings (SSSR count). The number of rotatable bonds is 3. The minimum absolute atomic E-state index is 0.0591. The fourth-order valence-electron chi connectivity index (χ4n) is 3.87. The van der Waals surface area contributed by atoms with Gasteiger partial charge in [0.05, 0.1) is 12.1 Å². The summed E-state index contributed by atoms with van der Waals surface area (Å²) in [5, 5.41) is 11.1. The van der Waals surface area contributed by atoms with Crippen LogP contribution >= 0.6 is 11.6 Å². The zero-order valence-electron chi connectivity index (χ0n) is 13.6. The lowest BCUT2D eigenvalue weighted by Gasteiger charge is -2.31. The summed E-state index contributed by atoms with van der Waals surface area (Å²) in [5.41, 5.74) is 0.611. The highest BCUT2D eigenvalue weighted by Gasteiger charge is 2.39. The molecule has 0 radical (unpaired) electrons. The topological polar surface area (TPSA) is 43.8 Å². The number of amides is 1. The number of hydrogen-bond donors (Lipinski definition) is 1. The van der Waals surface area contributed by atoms with E-state index in [1.807, 2.05) is 0 Å². The van der Waals surface area contributed by atoms with E-state index in [1.54, 1.807) is 36.2 Å². The van der Waals surface area contributed by atoms with Crippen LogP contribution < -0.4 is 0 Å². The van der Waals surface area contributed by atoms with E-state index in [4.69, 9.17) is 11.6 Å². The smallest absolute Gasteiger partial charge is 0.253 e. The number of likely N-dealkylation sites (N-methyl/N-ethyl adjacent to an activating group) is 1. The van der Waals surface area contributed by atoms with Gasteiger partial charge in [0, 0.05) is 36.8 Å². The fraction of sp³-hybridized carbons (Fsp3) is 0.611. The minimum atomic E-state index is -0.474. The molecule has 0 bridgehead atoms. The molecular formula is C18H25ClN2O2.